The van der Waals surface area contributed by atoms with E-state index in [9.17, 15) is 9.59 Å². The Bertz CT molecular complexity index is 864. The number of rotatable bonds is 5. The normalized spacial score (nSPS) is 19.3. The average molecular weight is 353 g/mol. The molecular weight excluding hydrogens is 326 g/mol. The van der Waals surface area contributed by atoms with E-state index in [-0.39, 0.29) is 30.0 Å². The maximum atomic E-state index is 12.6. The van der Waals surface area contributed by atoms with E-state index in [1.807, 2.05) is 31.2 Å². The number of hydrogen-bond donors (Lipinski definition) is 1. The van der Waals surface area contributed by atoms with Crippen LogP contribution in [-0.4, -0.2) is 21.7 Å². The number of carbonyl (C=O) groups is 1. The number of nitrogens with one attached hydrogen (secondary N) is 1. The average Bonchev–Trinajstić information content (AvgIpc) is 2.55. The van der Waals surface area contributed by atoms with Crippen LogP contribution in [0.25, 0.3) is 11.1 Å². The van der Waals surface area contributed by atoms with Crippen molar-refractivity contribution >= 4 is 5.91 Å². The first kappa shape index (κ1) is 18.4. The molecular formula is C21H27N3O2. The van der Waals surface area contributed by atoms with E-state index in [1.165, 1.54) is 4.68 Å². The fourth-order valence-electron chi connectivity index (χ4n) is 3.57. The number of nitrogens with zero attached hydrogens (tertiary/aromatic N) is 2. The molecule has 1 aliphatic rings. The van der Waals surface area contributed by atoms with Crippen LogP contribution in [0.15, 0.2) is 35.1 Å². The van der Waals surface area contributed by atoms with E-state index in [0.29, 0.717) is 5.92 Å². The summed E-state index contributed by atoms with van der Waals surface area (Å²) in [5.41, 5.74) is 3.56. The number of aryl methyl sites for hydroxylation is 1. The van der Waals surface area contributed by atoms with Crippen molar-refractivity contribution in [2.45, 2.75) is 59.0 Å². The van der Waals surface area contributed by atoms with E-state index < -0.39 is 0 Å². The Morgan fingerprint density at radius 3 is 2.58 bits per heavy atom. The van der Waals surface area contributed by atoms with Crippen molar-refractivity contribution in [1.82, 2.24) is 15.1 Å². The summed E-state index contributed by atoms with van der Waals surface area (Å²) in [6, 6.07) is 9.83. The van der Waals surface area contributed by atoms with Crippen LogP contribution in [0.5, 0.6) is 0 Å². The van der Waals surface area contributed by atoms with Gasteiger partial charge in [-0.3, -0.25) is 9.59 Å². The van der Waals surface area contributed by atoms with Crippen LogP contribution < -0.4 is 10.9 Å². The highest BCUT2D eigenvalue weighted by atomic mass is 16.2. The van der Waals surface area contributed by atoms with E-state index in [4.69, 9.17) is 0 Å². The fourth-order valence-corrected chi connectivity index (χ4v) is 3.57. The number of hydrogen-bond acceptors (Lipinski definition) is 3. The summed E-state index contributed by atoms with van der Waals surface area (Å²) in [5, 5.41) is 7.53. The lowest BCUT2D eigenvalue weighted by Gasteiger charge is -2.33. The quantitative estimate of drug-likeness (QED) is 0.897. The minimum Gasteiger partial charge on any atom is -0.352 e. The lowest BCUT2D eigenvalue weighted by Crippen LogP contribution is -2.45. The maximum Gasteiger partial charge on any atom is 0.267 e. The summed E-state index contributed by atoms with van der Waals surface area (Å²) in [4.78, 5) is 24.8. The van der Waals surface area contributed by atoms with Gasteiger partial charge in [-0.05, 0) is 42.7 Å². The SMILES string of the molecule is Cc1ccccc1-c1cc(=O)n(CC(=O)NC2CC(C)C2)nc1C(C)C. The minimum atomic E-state index is -0.246. The van der Waals surface area contributed by atoms with Gasteiger partial charge in [-0.25, -0.2) is 4.68 Å². The third-order valence-corrected chi connectivity index (χ3v) is 5.04. The highest BCUT2D eigenvalue weighted by Crippen LogP contribution is 2.29. The van der Waals surface area contributed by atoms with Gasteiger partial charge in [0.2, 0.25) is 5.91 Å². The predicted molar refractivity (Wildman–Crippen MR) is 103 cm³/mol. The first-order chi connectivity index (χ1) is 12.3. The standard InChI is InChI=1S/C21H27N3O2/c1-13(2)21-18(17-8-6-5-7-15(17)4)11-20(26)24(23-21)12-19(25)22-16-9-14(3)10-16/h5-8,11,13-14,16H,9-10,12H2,1-4H3,(H,22,25). The molecule has 1 fully saturated rings. The third-order valence-electron chi connectivity index (χ3n) is 5.04. The molecule has 0 spiro atoms. The molecule has 1 heterocycles. The number of carbonyl (C=O) groups excluding carboxylic acids is 1. The zero-order chi connectivity index (χ0) is 18.8. The number of aromatic nitrogens is 2. The van der Waals surface area contributed by atoms with Crippen LogP contribution in [0, 0.1) is 12.8 Å². The molecule has 1 aromatic heterocycles. The van der Waals surface area contributed by atoms with Crippen molar-refractivity contribution in [3.63, 3.8) is 0 Å². The molecule has 3 rings (SSSR count). The molecule has 2 aromatic rings. The van der Waals surface area contributed by atoms with Crippen LogP contribution in [-0.2, 0) is 11.3 Å². The lowest BCUT2D eigenvalue weighted by molar-refractivity contribution is -0.123. The molecule has 1 amide bonds. The van der Waals surface area contributed by atoms with Gasteiger partial charge < -0.3 is 5.32 Å². The summed E-state index contributed by atoms with van der Waals surface area (Å²) < 4.78 is 1.29. The summed E-state index contributed by atoms with van der Waals surface area (Å²) in [7, 11) is 0. The molecule has 1 aromatic carbocycles. The molecule has 5 nitrogen and oxygen atoms in total. The van der Waals surface area contributed by atoms with Gasteiger partial charge in [-0.1, -0.05) is 45.0 Å². The van der Waals surface area contributed by atoms with Crippen molar-refractivity contribution in [3.8, 4) is 11.1 Å². The number of benzene rings is 1. The van der Waals surface area contributed by atoms with E-state index in [2.05, 4.69) is 31.2 Å². The summed E-state index contributed by atoms with van der Waals surface area (Å²) >= 11 is 0. The van der Waals surface area contributed by atoms with Crippen molar-refractivity contribution in [2.24, 2.45) is 5.92 Å². The highest BCUT2D eigenvalue weighted by molar-refractivity contribution is 5.76. The molecule has 0 saturated heterocycles. The smallest absolute Gasteiger partial charge is 0.267 e. The molecule has 1 saturated carbocycles. The van der Waals surface area contributed by atoms with Gasteiger partial charge >= 0.3 is 0 Å². The molecule has 26 heavy (non-hydrogen) atoms. The number of amides is 1. The van der Waals surface area contributed by atoms with Crippen LogP contribution in [0.2, 0.25) is 0 Å². The van der Waals surface area contributed by atoms with Crippen LogP contribution in [0.4, 0.5) is 0 Å². The molecule has 0 atom stereocenters. The van der Waals surface area contributed by atoms with Crippen molar-refractivity contribution in [1.29, 1.82) is 0 Å². The molecule has 1 aliphatic carbocycles. The van der Waals surface area contributed by atoms with Gasteiger partial charge in [0.15, 0.2) is 0 Å². The predicted octanol–water partition coefficient (Wildman–Crippen LogP) is 3.26. The first-order valence-electron chi connectivity index (χ1n) is 9.32. The minimum absolute atomic E-state index is 0.0303. The molecule has 0 unspecified atom stereocenters. The van der Waals surface area contributed by atoms with Crippen molar-refractivity contribution in [2.75, 3.05) is 0 Å². The summed E-state index contributed by atoms with van der Waals surface area (Å²) in [6.07, 6.45) is 2.02. The monoisotopic (exact) mass is 353 g/mol. The van der Waals surface area contributed by atoms with Gasteiger partial charge in [0.1, 0.15) is 6.54 Å². The van der Waals surface area contributed by atoms with Crippen molar-refractivity contribution < 1.29 is 4.79 Å². The maximum absolute atomic E-state index is 12.6. The topological polar surface area (TPSA) is 64.0 Å². The van der Waals surface area contributed by atoms with Gasteiger partial charge in [-0.2, -0.15) is 5.10 Å². The Hall–Kier alpha value is -2.43. The van der Waals surface area contributed by atoms with Gasteiger partial charge in [-0.15, -0.1) is 0 Å². The van der Waals surface area contributed by atoms with Crippen LogP contribution in [0.1, 0.15) is 50.8 Å². The Morgan fingerprint density at radius 2 is 1.96 bits per heavy atom. The largest absolute Gasteiger partial charge is 0.352 e. The second kappa shape index (κ2) is 7.44. The zero-order valence-corrected chi connectivity index (χ0v) is 16.0. The molecule has 1 N–H and O–H groups in total. The van der Waals surface area contributed by atoms with E-state index >= 15 is 0 Å². The fraction of sp³-hybridized carbons (Fsp3) is 0.476. The van der Waals surface area contributed by atoms with Crippen LogP contribution >= 0.6 is 0 Å². The molecule has 5 heteroatoms. The lowest BCUT2D eigenvalue weighted by atomic mass is 9.82. The Morgan fingerprint density at radius 1 is 1.27 bits per heavy atom. The Balaban J connectivity index is 1.88. The van der Waals surface area contributed by atoms with Crippen molar-refractivity contribution in [3.05, 3.63) is 51.9 Å². The van der Waals surface area contributed by atoms with E-state index in [1.54, 1.807) is 6.07 Å². The second-order valence-corrected chi connectivity index (χ2v) is 7.75. The van der Waals surface area contributed by atoms with Gasteiger partial charge in [0.05, 0.1) is 5.69 Å². The Kier molecular flexibility index (Phi) is 5.25. The van der Waals surface area contributed by atoms with Crippen LogP contribution in [0.3, 0.4) is 0 Å². The zero-order valence-electron chi connectivity index (χ0n) is 16.0. The highest BCUT2D eigenvalue weighted by Gasteiger charge is 2.26. The first-order valence-corrected chi connectivity index (χ1v) is 9.32. The summed E-state index contributed by atoms with van der Waals surface area (Å²) in [5.74, 6) is 0.670. The Labute approximate surface area is 154 Å². The molecule has 0 radical (unpaired) electrons. The third kappa shape index (κ3) is 3.87. The van der Waals surface area contributed by atoms with Gasteiger partial charge in [0.25, 0.3) is 5.56 Å². The van der Waals surface area contributed by atoms with Gasteiger partial charge in [0, 0.05) is 17.7 Å². The summed E-state index contributed by atoms with van der Waals surface area (Å²) in [6.45, 7) is 8.27. The molecule has 0 aliphatic heterocycles. The van der Waals surface area contributed by atoms with E-state index in [0.717, 1.165) is 35.2 Å². The second-order valence-electron chi connectivity index (χ2n) is 7.75. The molecule has 138 valence electrons. The molecule has 0 bridgehead atoms.